The van der Waals surface area contributed by atoms with Crippen LogP contribution in [-0.4, -0.2) is 16.5 Å². The van der Waals surface area contributed by atoms with Crippen LogP contribution in [0.15, 0.2) is 48.5 Å². The molecule has 0 spiro atoms. The van der Waals surface area contributed by atoms with Crippen LogP contribution in [0.25, 0.3) is 11.1 Å². The van der Waals surface area contributed by atoms with Crippen LogP contribution in [0, 0.1) is 18.6 Å². The number of phenolic OH excluding ortho intramolecular Hbond substituents is 2. The van der Waals surface area contributed by atoms with Crippen molar-refractivity contribution in [3.05, 3.63) is 82.4 Å². The zero-order valence-electron chi connectivity index (χ0n) is 15.1. The summed E-state index contributed by atoms with van der Waals surface area (Å²) in [5.41, 5.74) is 1.24. The molecule has 0 radical (unpaired) electrons. The Kier molecular flexibility index (Phi) is 5.70. The first-order chi connectivity index (χ1) is 13.4. The highest BCUT2D eigenvalue weighted by Gasteiger charge is 2.24. The van der Waals surface area contributed by atoms with Gasteiger partial charge < -0.3 is 14.9 Å². The van der Waals surface area contributed by atoms with Crippen LogP contribution in [0.5, 0.6) is 11.5 Å². The van der Waals surface area contributed by atoms with Crippen molar-refractivity contribution < 1.29 is 28.5 Å². The molecule has 0 bridgehead atoms. The van der Waals surface area contributed by atoms with Gasteiger partial charge in [-0.1, -0.05) is 30.3 Å². The summed E-state index contributed by atoms with van der Waals surface area (Å²) in [5, 5.41) is 20.4. The molecule has 0 aromatic heterocycles. The van der Waals surface area contributed by atoms with Crippen molar-refractivity contribution in [2.24, 2.45) is 0 Å². The maximum atomic E-state index is 14.4. The average Bonchev–Trinajstić information content (AvgIpc) is 2.68. The van der Waals surface area contributed by atoms with E-state index in [-0.39, 0.29) is 41.0 Å². The van der Waals surface area contributed by atoms with E-state index in [9.17, 15) is 23.8 Å². The lowest BCUT2D eigenvalue weighted by atomic mass is 9.90. The number of ether oxygens (including phenoxy) is 1. The fraction of sp³-hybridized carbons (Fsp3) is 0.136. The lowest BCUT2D eigenvalue weighted by Gasteiger charge is -2.19. The number of carbonyl (C=O) groups excluding carboxylic acids is 1. The topological polar surface area (TPSA) is 66.8 Å². The standard InChI is InChI=1S/C22H18F2O4/c1-13-20(16-8-7-15(23)9-19(16)24)18(17(10-25)22(27)21(13)26)12-28-11-14-5-3-2-4-6-14/h2-10,26-27H,11-12H2,1H3. The number of aromatic hydroxyl groups is 2. The molecule has 0 atom stereocenters. The fourth-order valence-electron chi connectivity index (χ4n) is 3.11. The van der Waals surface area contributed by atoms with Crippen LogP contribution < -0.4 is 0 Å². The van der Waals surface area contributed by atoms with E-state index in [4.69, 9.17) is 4.74 Å². The molecule has 6 heteroatoms. The Morgan fingerprint density at radius 1 is 1.00 bits per heavy atom. The van der Waals surface area contributed by atoms with Crippen molar-refractivity contribution in [2.75, 3.05) is 0 Å². The summed E-state index contributed by atoms with van der Waals surface area (Å²) in [6.45, 7) is 1.58. The first-order valence-corrected chi connectivity index (χ1v) is 8.53. The second kappa shape index (κ2) is 8.19. The molecular formula is C22H18F2O4. The first kappa shape index (κ1) is 19.5. The summed E-state index contributed by atoms with van der Waals surface area (Å²) in [4.78, 5) is 11.6. The van der Waals surface area contributed by atoms with Gasteiger partial charge in [0.05, 0.1) is 18.8 Å². The highest BCUT2D eigenvalue weighted by molar-refractivity contribution is 5.90. The molecule has 0 heterocycles. The Labute approximate surface area is 160 Å². The van der Waals surface area contributed by atoms with Crippen LogP contribution in [0.2, 0.25) is 0 Å². The second-order valence-corrected chi connectivity index (χ2v) is 6.31. The summed E-state index contributed by atoms with van der Waals surface area (Å²) in [6, 6.07) is 12.3. The van der Waals surface area contributed by atoms with Gasteiger partial charge in [-0.3, -0.25) is 4.79 Å². The van der Waals surface area contributed by atoms with Crippen LogP contribution in [0.4, 0.5) is 8.78 Å². The first-order valence-electron chi connectivity index (χ1n) is 8.53. The van der Waals surface area contributed by atoms with Gasteiger partial charge in [-0.15, -0.1) is 0 Å². The third-order valence-electron chi connectivity index (χ3n) is 4.51. The van der Waals surface area contributed by atoms with E-state index in [0.717, 1.165) is 11.6 Å². The Balaban J connectivity index is 2.09. The lowest BCUT2D eigenvalue weighted by molar-refractivity contribution is 0.103. The van der Waals surface area contributed by atoms with E-state index >= 15 is 0 Å². The summed E-state index contributed by atoms with van der Waals surface area (Å²) >= 11 is 0. The van der Waals surface area contributed by atoms with E-state index in [1.165, 1.54) is 13.0 Å². The van der Waals surface area contributed by atoms with E-state index in [1.54, 1.807) is 0 Å². The molecule has 0 amide bonds. The number of hydrogen-bond acceptors (Lipinski definition) is 4. The molecule has 0 unspecified atom stereocenters. The summed E-state index contributed by atoms with van der Waals surface area (Å²) in [6.07, 6.45) is 0.376. The van der Waals surface area contributed by atoms with Crippen molar-refractivity contribution in [2.45, 2.75) is 20.1 Å². The highest BCUT2D eigenvalue weighted by Crippen LogP contribution is 2.43. The number of halogens is 2. The molecule has 0 fully saturated rings. The summed E-state index contributed by atoms with van der Waals surface area (Å²) in [7, 11) is 0. The smallest absolute Gasteiger partial charge is 0.168 e. The highest BCUT2D eigenvalue weighted by atomic mass is 19.1. The molecule has 4 nitrogen and oxygen atoms in total. The molecule has 0 aliphatic carbocycles. The van der Waals surface area contributed by atoms with Gasteiger partial charge in [0.15, 0.2) is 17.8 Å². The second-order valence-electron chi connectivity index (χ2n) is 6.31. The minimum Gasteiger partial charge on any atom is -0.504 e. The maximum absolute atomic E-state index is 14.4. The molecule has 2 N–H and O–H groups in total. The van der Waals surface area contributed by atoms with Crippen LogP contribution in [0.3, 0.4) is 0 Å². The maximum Gasteiger partial charge on any atom is 0.168 e. The Bertz CT molecular complexity index is 1020. The van der Waals surface area contributed by atoms with Crippen molar-refractivity contribution in [3.8, 4) is 22.6 Å². The molecule has 144 valence electrons. The Hall–Kier alpha value is -3.25. The minimum absolute atomic E-state index is 0.00406. The molecule has 0 aliphatic heterocycles. The Morgan fingerprint density at radius 2 is 1.71 bits per heavy atom. The molecule has 0 saturated heterocycles. The number of carbonyl (C=O) groups is 1. The SMILES string of the molecule is Cc1c(O)c(O)c(C=O)c(COCc2ccccc2)c1-c1ccc(F)cc1F. The lowest BCUT2D eigenvalue weighted by Crippen LogP contribution is -2.05. The minimum atomic E-state index is -0.852. The van der Waals surface area contributed by atoms with Crippen LogP contribution >= 0.6 is 0 Å². The van der Waals surface area contributed by atoms with Gasteiger partial charge in [0.2, 0.25) is 0 Å². The number of hydrogen-bond donors (Lipinski definition) is 2. The van der Waals surface area contributed by atoms with Crippen molar-refractivity contribution in [3.63, 3.8) is 0 Å². The van der Waals surface area contributed by atoms with Gasteiger partial charge in [0.1, 0.15) is 11.6 Å². The van der Waals surface area contributed by atoms with E-state index in [2.05, 4.69) is 0 Å². The quantitative estimate of drug-likeness (QED) is 0.470. The fourth-order valence-corrected chi connectivity index (χ4v) is 3.11. The predicted molar refractivity (Wildman–Crippen MR) is 100 cm³/mol. The zero-order chi connectivity index (χ0) is 20.3. The largest absolute Gasteiger partial charge is 0.504 e. The molecule has 0 aliphatic rings. The molecular weight excluding hydrogens is 366 g/mol. The Morgan fingerprint density at radius 3 is 2.36 bits per heavy atom. The van der Waals surface area contributed by atoms with E-state index in [0.29, 0.717) is 12.4 Å². The monoisotopic (exact) mass is 384 g/mol. The van der Waals surface area contributed by atoms with Crippen LogP contribution in [-0.2, 0) is 18.0 Å². The molecule has 0 saturated carbocycles. The normalized spacial score (nSPS) is 10.8. The van der Waals surface area contributed by atoms with Gasteiger partial charge in [-0.05, 0) is 30.2 Å². The third-order valence-corrected chi connectivity index (χ3v) is 4.51. The van der Waals surface area contributed by atoms with Gasteiger partial charge >= 0.3 is 0 Å². The van der Waals surface area contributed by atoms with Gasteiger partial charge in [0.25, 0.3) is 0 Å². The van der Waals surface area contributed by atoms with Gasteiger partial charge in [-0.2, -0.15) is 0 Å². The van der Waals surface area contributed by atoms with Crippen molar-refractivity contribution >= 4 is 6.29 Å². The average molecular weight is 384 g/mol. The van der Waals surface area contributed by atoms with Gasteiger partial charge in [0, 0.05) is 22.8 Å². The van der Waals surface area contributed by atoms with Gasteiger partial charge in [-0.25, -0.2) is 8.78 Å². The third kappa shape index (κ3) is 3.73. The molecule has 28 heavy (non-hydrogen) atoms. The van der Waals surface area contributed by atoms with E-state index in [1.807, 2.05) is 30.3 Å². The predicted octanol–water partition coefficient (Wildman–Crippen LogP) is 4.88. The van der Waals surface area contributed by atoms with Crippen LogP contribution in [0.1, 0.15) is 27.0 Å². The number of rotatable bonds is 6. The van der Waals surface area contributed by atoms with Crippen molar-refractivity contribution in [1.29, 1.82) is 0 Å². The number of aldehydes is 1. The summed E-state index contributed by atoms with van der Waals surface area (Å²) in [5.74, 6) is -2.74. The molecule has 3 aromatic carbocycles. The van der Waals surface area contributed by atoms with Crippen molar-refractivity contribution in [1.82, 2.24) is 0 Å². The zero-order valence-corrected chi connectivity index (χ0v) is 15.1. The number of phenols is 2. The number of benzene rings is 3. The van der Waals surface area contributed by atoms with E-state index < -0.39 is 23.1 Å². The molecule has 3 aromatic rings. The molecule has 3 rings (SSSR count). The summed E-state index contributed by atoms with van der Waals surface area (Å²) < 4.78 is 33.4.